The summed E-state index contributed by atoms with van der Waals surface area (Å²) in [5.41, 5.74) is 1.83. The quantitative estimate of drug-likeness (QED) is 0.534. The highest BCUT2D eigenvalue weighted by Crippen LogP contribution is 2.42. The predicted octanol–water partition coefficient (Wildman–Crippen LogP) is 5.41. The maximum Gasteiger partial charge on any atom is 0.162 e. The third-order valence-corrected chi connectivity index (χ3v) is 4.80. The van der Waals surface area contributed by atoms with Crippen LogP contribution in [0.2, 0.25) is 5.02 Å². The summed E-state index contributed by atoms with van der Waals surface area (Å²) in [6.45, 7) is 0. The molecule has 0 amide bonds. The first-order valence-electron chi connectivity index (χ1n) is 6.30. The van der Waals surface area contributed by atoms with Crippen molar-refractivity contribution in [3.63, 3.8) is 0 Å². The summed E-state index contributed by atoms with van der Waals surface area (Å²) in [5.74, 6) is 1.21. The van der Waals surface area contributed by atoms with E-state index in [1.54, 1.807) is 32.0 Å². The third-order valence-electron chi connectivity index (χ3n) is 3.19. The van der Waals surface area contributed by atoms with Gasteiger partial charge in [-0.25, -0.2) is 0 Å². The van der Waals surface area contributed by atoms with Gasteiger partial charge in [-0.1, -0.05) is 29.8 Å². The molecule has 2 nitrogen and oxygen atoms in total. The van der Waals surface area contributed by atoms with Crippen molar-refractivity contribution in [2.45, 2.75) is 10.3 Å². The highest BCUT2D eigenvalue weighted by molar-refractivity contribution is 7.98. The molecule has 0 aliphatic carbocycles. The van der Waals surface area contributed by atoms with Crippen LogP contribution in [0.3, 0.4) is 0 Å². The van der Waals surface area contributed by atoms with E-state index in [1.807, 2.05) is 36.6 Å². The van der Waals surface area contributed by atoms with Crippen molar-refractivity contribution in [2.24, 2.45) is 0 Å². The lowest BCUT2D eigenvalue weighted by Crippen LogP contribution is -1.99. The Hall–Kier alpha value is -1.03. The zero-order valence-corrected chi connectivity index (χ0v) is 14.4. The molecule has 112 valence electrons. The van der Waals surface area contributed by atoms with Crippen LogP contribution in [0.5, 0.6) is 11.5 Å². The Morgan fingerprint density at radius 1 is 1.00 bits per heavy atom. The average Bonchev–Trinajstić information content (AvgIpc) is 2.53. The van der Waals surface area contributed by atoms with E-state index in [4.69, 9.17) is 32.7 Å². The molecule has 0 saturated heterocycles. The molecule has 2 rings (SSSR count). The summed E-state index contributed by atoms with van der Waals surface area (Å²) in [7, 11) is 3.17. The van der Waals surface area contributed by atoms with Crippen molar-refractivity contribution >= 4 is 35.0 Å². The fourth-order valence-corrected chi connectivity index (χ4v) is 3.50. The molecule has 0 bridgehead atoms. The molecule has 2 aromatic rings. The van der Waals surface area contributed by atoms with E-state index in [0.29, 0.717) is 16.5 Å². The van der Waals surface area contributed by atoms with Gasteiger partial charge >= 0.3 is 0 Å². The van der Waals surface area contributed by atoms with Crippen LogP contribution in [0.1, 0.15) is 16.5 Å². The number of halogens is 2. The van der Waals surface area contributed by atoms with Crippen LogP contribution in [-0.4, -0.2) is 20.5 Å². The molecule has 0 aliphatic heterocycles. The van der Waals surface area contributed by atoms with Gasteiger partial charge in [0.25, 0.3) is 0 Å². The van der Waals surface area contributed by atoms with E-state index in [9.17, 15) is 0 Å². The van der Waals surface area contributed by atoms with Gasteiger partial charge in [-0.3, -0.25) is 0 Å². The van der Waals surface area contributed by atoms with Crippen molar-refractivity contribution in [2.75, 3.05) is 20.5 Å². The number of hydrogen-bond acceptors (Lipinski definition) is 3. The monoisotopic (exact) mass is 342 g/mol. The maximum absolute atomic E-state index is 6.65. The summed E-state index contributed by atoms with van der Waals surface area (Å²) < 4.78 is 10.6. The predicted molar refractivity (Wildman–Crippen MR) is 90.5 cm³/mol. The molecule has 1 atom stereocenters. The lowest BCUT2D eigenvalue weighted by molar-refractivity contribution is 0.354. The number of benzene rings is 2. The maximum atomic E-state index is 6.65. The van der Waals surface area contributed by atoms with Gasteiger partial charge < -0.3 is 9.47 Å². The van der Waals surface area contributed by atoms with Gasteiger partial charge in [0.2, 0.25) is 0 Å². The minimum absolute atomic E-state index is 0.346. The summed E-state index contributed by atoms with van der Waals surface area (Å²) in [4.78, 5) is 1.13. The molecule has 0 N–H and O–H groups in total. The largest absolute Gasteiger partial charge is 0.493 e. The van der Waals surface area contributed by atoms with E-state index in [0.717, 1.165) is 16.0 Å². The van der Waals surface area contributed by atoms with Gasteiger partial charge in [0.1, 0.15) is 0 Å². The van der Waals surface area contributed by atoms with Crippen molar-refractivity contribution < 1.29 is 9.47 Å². The van der Waals surface area contributed by atoms with Crippen LogP contribution in [0, 0.1) is 0 Å². The van der Waals surface area contributed by atoms with Gasteiger partial charge in [0.15, 0.2) is 11.5 Å². The second kappa shape index (κ2) is 7.30. The van der Waals surface area contributed by atoms with Crippen molar-refractivity contribution in [3.8, 4) is 11.5 Å². The topological polar surface area (TPSA) is 18.5 Å². The summed E-state index contributed by atoms with van der Waals surface area (Å²) in [6.07, 6.45) is 2.03. The number of hydrogen-bond donors (Lipinski definition) is 0. The van der Waals surface area contributed by atoms with Crippen molar-refractivity contribution in [1.29, 1.82) is 0 Å². The first-order valence-corrected chi connectivity index (χ1v) is 8.34. The highest BCUT2D eigenvalue weighted by atomic mass is 35.5. The van der Waals surface area contributed by atoms with Gasteiger partial charge in [-0.05, 0) is 29.5 Å². The standard InChI is InChI=1S/C16H16Cl2O2S/c1-19-13-8-11(12(17)9-14(13)20-2)16(18)10-6-4-5-7-15(10)21-3/h4-9,16H,1-3H3. The molecule has 0 radical (unpaired) electrons. The van der Waals surface area contributed by atoms with E-state index < -0.39 is 0 Å². The average molecular weight is 343 g/mol. The lowest BCUT2D eigenvalue weighted by Gasteiger charge is -2.17. The SMILES string of the molecule is COc1cc(Cl)c(C(Cl)c2ccccc2SC)cc1OC. The normalized spacial score (nSPS) is 12.0. The van der Waals surface area contributed by atoms with Crippen molar-refractivity contribution in [3.05, 3.63) is 52.5 Å². The zero-order valence-electron chi connectivity index (χ0n) is 12.0. The Balaban J connectivity index is 2.50. The number of rotatable bonds is 5. The number of ether oxygens (including phenoxy) is 2. The Kier molecular flexibility index (Phi) is 5.68. The molecule has 0 aliphatic rings. The summed E-state index contributed by atoms with van der Waals surface area (Å²) in [5, 5.41) is 0.213. The van der Waals surface area contributed by atoms with E-state index in [2.05, 4.69) is 0 Å². The molecule has 0 spiro atoms. The minimum Gasteiger partial charge on any atom is -0.493 e. The van der Waals surface area contributed by atoms with Crippen LogP contribution >= 0.6 is 35.0 Å². The van der Waals surface area contributed by atoms with Crippen LogP contribution in [0.15, 0.2) is 41.3 Å². The van der Waals surface area contributed by atoms with Crippen LogP contribution < -0.4 is 9.47 Å². The molecule has 21 heavy (non-hydrogen) atoms. The van der Waals surface area contributed by atoms with Crippen LogP contribution in [0.25, 0.3) is 0 Å². The Bertz CT molecular complexity index is 632. The summed E-state index contributed by atoms with van der Waals surface area (Å²) in [6, 6.07) is 11.6. The number of thioether (sulfide) groups is 1. The third kappa shape index (κ3) is 3.42. The smallest absolute Gasteiger partial charge is 0.162 e. The fraction of sp³-hybridized carbons (Fsp3) is 0.250. The molecule has 0 saturated carbocycles. The van der Waals surface area contributed by atoms with Crippen LogP contribution in [0.4, 0.5) is 0 Å². The fourth-order valence-electron chi connectivity index (χ4n) is 2.11. The van der Waals surface area contributed by atoms with E-state index in [1.165, 1.54) is 0 Å². The Labute approximate surface area is 139 Å². The van der Waals surface area contributed by atoms with Crippen molar-refractivity contribution in [1.82, 2.24) is 0 Å². The molecule has 0 heterocycles. The van der Waals surface area contributed by atoms with Gasteiger partial charge in [0.05, 0.1) is 19.6 Å². The highest BCUT2D eigenvalue weighted by Gasteiger charge is 2.20. The molecular formula is C16H16Cl2O2S. The molecule has 1 unspecified atom stereocenters. The first-order chi connectivity index (χ1) is 10.1. The zero-order chi connectivity index (χ0) is 15.4. The molecule has 5 heteroatoms. The summed E-state index contributed by atoms with van der Waals surface area (Å²) >= 11 is 14.7. The molecule has 0 aromatic heterocycles. The molecule has 0 fully saturated rings. The second-order valence-corrected chi connectivity index (χ2v) is 6.02. The Morgan fingerprint density at radius 2 is 1.62 bits per heavy atom. The first kappa shape index (κ1) is 16.3. The lowest BCUT2D eigenvalue weighted by atomic mass is 10.0. The van der Waals surface area contributed by atoms with Gasteiger partial charge in [-0.15, -0.1) is 23.4 Å². The van der Waals surface area contributed by atoms with E-state index in [-0.39, 0.29) is 5.38 Å². The number of methoxy groups -OCH3 is 2. The Morgan fingerprint density at radius 3 is 2.24 bits per heavy atom. The molecular weight excluding hydrogens is 327 g/mol. The number of alkyl halides is 1. The van der Waals surface area contributed by atoms with Gasteiger partial charge in [0, 0.05) is 16.0 Å². The second-order valence-electron chi connectivity index (χ2n) is 4.33. The van der Waals surface area contributed by atoms with Crippen LogP contribution in [-0.2, 0) is 0 Å². The van der Waals surface area contributed by atoms with Gasteiger partial charge in [-0.2, -0.15) is 0 Å². The van der Waals surface area contributed by atoms with E-state index >= 15 is 0 Å². The molecule has 2 aromatic carbocycles. The minimum atomic E-state index is -0.346.